The Bertz CT molecular complexity index is 180. The molecule has 2 fully saturated rings. The fourth-order valence-electron chi connectivity index (χ4n) is 1.85. The van der Waals surface area contributed by atoms with Gasteiger partial charge < -0.3 is 5.11 Å². The average molecular weight is 141 g/mol. The van der Waals surface area contributed by atoms with Gasteiger partial charge in [0, 0.05) is 12.5 Å². The Morgan fingerprint density at radius 1 is 1.70 bits per heavy atom. The summed E-state index contributed by atoms with van der Waals surface area (Å²) in [5, 5.41) is 12.5. The third kappa shape index (κ3) is 0.707. The van der Waals surface area contributed by atoms with Crippen molar-refractivity contribution >= 4 is 5.78 Å². The van der Waals surface area contributed by atoms with E-state index >= 15 is 0 Å². The predicted octanol–water partition coefficient (Wildman–Crippen LogP) is -0.210. The van der Waals surface area contributed by atoms with Gasteiger partial charge in [-0.3, -0.25) is 10.1 Å². The molecule has 0 unspecified atom stereocenters. The van der Waals surface area contributed by atoms with E-state index in [0.717, 1.165) is 12.8 Å². The molecule has 2 aliphatic heterocycles. The van der Waals surface area contributed by atoms with Crippen molar-refractivity contribution in [3.05, 3.63) is 0 Å². The van der Waals surface area contributed by atoms with Gasteiger partial charge in [0.25, 0.3) is 0 Å². The first-order chi connectivity index (χ1) is 4.71. The van der Waals surface area contributed by atoms with Crippen molar-refractivity contribution in [1.82, 2.24) is 5.32 Å². The number of hydrogen-bond acceptors (Lipinski definition) is 3. The van der Waals surface area contributed by atoms with E-state index in [1.54, 1.807) is 0 Å². The van der Waals surface area contributed by atoms with Gasteiger partial charge >= 0.3 is 0 Å². The van der Waals surface area contributed by atoms with Crippen molar-refractivity contribution < 1.29 is 9.90 Å². The summed E-state index contributed by atoms with van der Waals surface area (Å²) in [6, 6.07) is 0.256. The van der Waals surface area contributed by atoms with Crippen molar-refractivity contribution in [2.45, 2.75) is 37.5 Å². The number of carbonyl (C=O) groups is 1. The molecule has 0 aromatic rings. The molecule has 0 radical (unpaired) electrons. The molecular formula is C7H11NO2. The van der Waals surface area contributed by atoms with Crippen LogP contribution in [0.4, 0.5) is 0 Å². The molecule has 0 aromatic carbocycles. The molecule has 3 nitrogen and oxygen atoms in total. The largest absolute Gasteiger partial charge is 0.369 e. The lowest BCUT2D eigenvalue weighted by atomic mass is 10.0. The molecule has 2 bridgehead atoms. The van der Waals surface area contributed by atoms with Crippen molar-refractivity contribution in [3.63, 3.8) is 0 Å². The molecule has 0 aromatic heterocycles. The summed E-state index contributed by atoms with van der Waals surface area (Å²) in [6.45, 7) is 0. The van der Waals surface area contributed by atoms with E-state index in [9.17, 15) is 9.90 Å². The van der Waals surface area contributed by atoms with Gasteiger partial charge in [-0.2, -0.15) is 0 Å². The molecule has 2 heterocycles. The van der Waals surface area contributed by atoms with Gasteiger partial charge in [0.1, 0.15) is 0 Å². The molecule has 3 heteroatoms. The lowest BCUT2D eigenvalue weighted by molar-refractivity contribution is -0.136. The minimum absolute atomic E-state index is 0.0185. The molecule has 2 saturated heterocycles. The van der Waals surface area contributed by atoms with Crippen LogP contribution in [0.1, 0.15) is 25.7 Å². The summed E-state index contributed by atoms with van der Waals surface area (Å²) in [4.78, 5) is 11.1. The molecule has 2 atom stereocenters. The standard InChI is InChI=1S/C7H11NO2/c9-6-4-5-2-1-3-7(6,10)8-5/h5,8,10H,1-4H2/t5-,7-/m0/s1. The highest BCUT2D eigenvalue weighted by molar-refractivity contribution is 5.89. The summed E-state index contributed by atoms with van der Waals surface area (Å²) < 4.78 is 0. The Morgan fingerprint density at radius 2 is 2.50 bits per heavy atom. The van der Waals surface area contributed by atoms with Crippen LogP contribution in [0.2, 0.25) is 0 Å². The van der Waals surface area contributed by atoms with Crippen molar-refractivity contribution in [2.24, 2.45) is 0 Å². The summed E-state index contributed by atoms with van der Waals surface area (Å²) in [7, 11) is 0. The summed E-state index contributed by atoms with van der Waals surface area (Å²) in [6.07, 6.45) is 3.13. The minimum Gasteiger partial charge on any atom is -0.369 e. The molecule has 2 N–H and O–H groups in total. The number of hydrogen-bond donors (Lipinski definition) is 2. The highest BCUT2D eigenvalue weighted by Gasteiger charge is 2.46. The molecular weight excluding hydrogens is 130 g/mol. The Hall–Kier alpha value is -0.410. The molecule has 0 spiro atoms. The summed E-state index contributed by atoms with van der Waals surface area (Å²) >= 11 is 0. The van der Waals surface area contributed by atoms with E-state index in [0.29, 0.717) is 12.8 Å². The van der Waals surface area contributed by atoms with Crippen molar-refractivity contribution in [1.29, 1.82) is 0 Å². The first-order valence-electron chi connectivity index (χ1n) is 3.74. The Kier molecular flexibility index (Phi) is 1.13. The van der Waals surface area contributed by atoms with Crippen LogP contribution in [0.25, 0.3) is 0 Å². The second-order valence-electron chi connectivity index (χ2n) is 3.22. The molecule has 2 rings (SSSR count). The highest BCUT2D eigenvalue weighted by Crippen LogP contribution is 2.30. The van der Waals surface area contributed by atoms with Gasteiger partial charge in [-0.25, -0.2) is 0 Å². The fourth-order valence-corrected chi connectivity index (χ4v) is 1.85. The van der Waals surface area contributed by atoms with Gasteiger partial charge in [0.05, 0.1) is 0 Å². The fraction of sp³-hybridized carbons (Fsp3) is 0.857. The van der Waals surface area contributed by atoms with E-state index in [4.69, 9.17) is 0 Å². The molecule has 0 aliphatic carbocycles. The molecule has 0 saturated carbocycles. The van der Waals surface area contributed by atoms with Gasteiger partial charge in [-0.1, -0.05) is 0 Å². The average Bonchev–Trinajstić information content (AvgIpc) is 2.04. The van der Waals surface area contributed by atoms with Crippen LogP contribution in [0, 0.1) is 0 Å². The Labute approximate surface area is 59.4 Å². The van der Waals surface area contributed by atoms with E-state index in [1.165, 1.54) is 0 Å². The normalized spacial score (nSPS) is 46.1. The van der Waals surface area contributed by atoms with E-state index in [1.807, 2.05) is 0 Å². The highest BCUT2D eigenvalue weighted by atomic mass is 16.3. The number of Topliss-reactive ketones (excluding diaryl/α,β-unsaturated/α-hetero) is 1. The number of aliphatic hydroxyl groups is 1. The number of carbonyl (C=O) groups excluding carboxylic acids is 1. The first kappa shape index (κ1) is 6.31. The molecule has 2 aliphatic rings. The van der Waals surface area contributed by atoms with Crippen LogP contribution in [0.15, 0.2) is 0 Å². The first-order valence-corrected chi connectivity index (χ1v) is 3.74. The number of fused-ring (bicyclic) bond motifs is 2. The molecule has 10 heavy (non-hydrogen) atoms. The van der Waals surface area contributed by atoms with Crippen LogP contribution in [-0.4, -0.2) is 22.7 Å². The van der Waals surface area contributed by atoms with E-state index in [2.05, 4.69) is 5.32 Å². The van der Waals surface area contributed by atoms with Crippen LogP contribution >= 0.6 is 0 Å². The van der Waals surface area contributed by atoms with Gasteiger partial charge in [-0.05, 0) is 19.3 Å². The van der Waals surface area contributed by atoms with Gasteiger partial charge in [0.15, 0.2) is 11.5 Å². The smallest absolute Gasteiger partial charge is 0.180 e. The number of ketones is 1. The molecule has 56 valence electrons. The van der Waals surface area contributed by atoms with Crippen LogP contribution in [0.3, 0.4) is 0 Å². The zero-order valence-corrected chi connectivity index (χ0v) is 5.76. The number of nitrogens with one attached hydrogen (secondary N) is 1. The summed E-state index contributed by atoms with van der Waals surface area (Å²) in [5.41, 5.74) is -1.14. The van der Waals surface area contributed by atoms with Crippen molar-refractivity contribution in [2.75, 3.05) is 0 Å². The second-order valence-corrected chi connectivity index (χ2v) is 3.22. The maximum atomic E-state index is 11.1. The van der Waals surface area contributed by atoms with E-state index < -0.39 is 5.72 Å². The van der Waals surface area contributed by atoms with Crippen LogP contribution in [0.5, 0.6) is 0 Å². The zero-order chi connectivity index (χ0) is 7.19. The molecule has 0 amide bonds. The lowest BCUT2D eigenvalue weighted by Crippen LogP contribution is -2.49. The monoisotopic (exact) mass is 141 g/mol. The van der Waals surface area contributed by atoms with Gasteiger partial charge in [-0.15, -0.1) is 0 Å². The second kappa shape index (κ2) is 1.80. The third-order valence-electron chi connectivity index (χ3n) is 2.43. The maximum absolute atomic E-state index is 11.1. The Morgan fingerprint density at radius 3 is 3.10 bits per heavy atom. The maximum Gasteiger partial charge on any atom is 0.180 e. The topological polar surface area (TPSA) is 49.3 Å². The third-order valence-corrected chi connectivity index (χ3v) is 2.43. The SMILES string of the molecule is O=C1C[C@@H]2CCC[C@@]1(O)N2. The van der Waals surface area contributed by atoms with Crippen molar-refractivity contribution in [3.8, 4) is 0 Å². The Balaban J connectivity index is 2.26. The van der Waals surface area contributed by atoms with Crippen LogP contribution < -0.4 is 5.32 Å². The minimum atomic E-state index is -1.14. The number of piperidine rings is 1. The quantitative estimate of drug-likeness (QED) is 0.490. The van der Waals surface area contributed by atoms with E-state index in [-0.39, 0.29) is 11.8 Å². The number of rotatable bonds is 0. The van der Waals surface area contributed by atoms with Gasteiger partial charge in [0.2, 0.25) is 0 Å². The zero-order valence-electron chi connectivity index (χ0n) is 5.76. The summed E-state index contributed by atoms with van der Waals surface area (Å²) in [5.74, 6) is -0.0185. The lowest BCUT2D eigenvalue weighted by Gasteiger charge is -2.27. The predicted molar refractivity (Wildman–Crippen MR) is 35.3 cm³/mol. The van der Waals surface area contributed by atoms with Crippen LogP contribution in [-0.2, 0) is 4.79 Å².